The zero-order chi connectivity index (χ0) is 34.1. The molecule has 0 radical (unpaired) electrons. The molecule has 0 bridgehead atoms. The molecule has 0 fully saturated rings. The van der Waals surface area contributed by atoms with Crippen molar-refractivity contribution < 1.29 is 18.9 Å². The number of aromatic nitrogens is 2. The largest absolute Gasteiger partial charge is 0.489 e. The molecule has 0 saturated carbocycles. The maximum atomic E-state index is 9.66. The van der Waals surface area contributed by atoms with Crippen LogP contribution in [0.4, 0.5) is 0 Å². The molecule has 0 amide bonds. The lowest BCUT2D eigenvalue weighted by atomic mass is 10.1. The highest BCUT2D eigenvalue weighted by atomic mass is 16.5. The molecule has 2 heterocycles. The fraction of sp³-hybridized carbons (Fsp3) is 0.122. The lowest BCUT2D eigenvalue weighted by Crippen LogP contribution is -2.23. The van der Waals surface area contributed by atoms with Crippen LogP contribution in [0.5, 0.6) is 34.9 Å². The summed E-state index contributed by atoms with van der Waals surface area (Å²) in [6, 6.07) is 44.2. The fourth-order valence-electron chi connectivity index (χ4n) is 5.39. The Kier molecular flexibility index (Phi) is 9.61. The number of amidine groups is 1. The first-order valence-corrected chi connectivity index (χ1v) is 16.2. The third-order valence-corrected chi connectivity index (χ3v) is 7.96. The van der Waals surface area contributed by atoms with Crippen molar-refractivity contribution in [1.82, 2.24) is 14.9 Å². The summed E-state index contributed by atoms with van der Waals surface area (Å²) in [4.78, 5) is 16.1. The second kappa shape index (κ2) is 15.0. The van der Waals surface area contributed by atoms with Gasteiger partial charge in [-0.3, -0.25) is 4.99 Å². The van der Waals surface area contributed by atoms with E-state index in [2.05, 4.69) is 20.9 Å². The summed E-state index contributed by atoms with van der Waals surface area (Å²) in [7, 11) is 2.02. The molecule has 50 heavy (non-hydrogen) atoms. The highest BCUT2D eigenvalue weighted by Crippen LogP contribution is 2.35. The Morgan fingerprint density at radius 3 is 2.10 bits per heavy atom. The van der Waals surface area contributed by atoms with Crippen molar-refractivity contribution in [3.63, 3.8) is 0 Å². The molecule has 1 aliphatic heterocycles. The van der Waals surface area contributed by atoms with Gasteiger partial charge in [-0.1, -0.05) is 72.8 Å². The van der Waals surface area contributed by atoms with Crippen molar-refractivity contribution >= 4 is 5.84 Å². The quantitative estimate of drug-likeness (QED) is 0.129. The molecule has 0 aliphatic carbocycles. The van der Waals surface area contributed by atoms with Gasteiger partial charge in [0.05, 0.1) is 23.9 Å². The average molecular weight is 660 g/mol. The summed E-state index contributed by atoms with van der Waals surface area (Å²) >= 11 is 0. The van der Waals surface area contributed by atoms with Crippen LogP contribution in [0.2, 0.25) is 0 Å². The minimum atomic E-state index is 0.0870. The predicted molar refractivity (Wildman–Crippen MR) is 191 cm³/mol. The second-order valence-electron chi connectivity index (χ2n) is 11.6. The molecule has 9 nitrogen and oxygen atoms in total. The van der Waals surface area contributed by atoms with Gasteiger partial charge in [0.25, 0.3) is 0 Å². The van der Waals surface area contributed by atoms with Crippen LogP contribution in [0, 0.1) is 11.3 Å². The molecule has 6 aromatic rings. The van der Waals surface area contributed by atoms with Crippen LogP contribution in [0.3, 0.4) is 0 Å². The molecule has 246 valence electrons. The van der Waals surface area contributed by atoms with Crippen LogP contribution in [0.15, 0.2) is 138 Å². The first kappa shape index (κ1) is 31.9. The molecule has 7 rings (SSSR count). The van der Waals surface area contributed by atoms with Gasteiger partial charge in [-0.15, -0.1) is 0 Å². The van der Waals surface area contributed by atoms with E-state index in [4.69, 9.17) is 23.9 Å². The SMILES string of the molecule is CN1CCN=C1c1cccc(Oc2nc(Oc3cc(C#N)ccc3OCc3ccccc3)cc(-c3ccc(OCc4ccccc4)cc3)n2)c1. The number of hydrogen-bond acceptors (Lipinski definition) is 9. The van der Waals surface area contributed by atoms with Crippen LogP contribution in [0.25, 0.3) is 11.3 Å². The highest BCUT2D eigenvalue weighted by Gasteiger charge is 2.17. The van der Waals surface area contributed by atoms with E-state index < -0.39 is 0 Å². The Balaban J connectivity index is 1.19. The molecule has 0 saturated heterocycles. The van der Waals surface area contributed by atoms with Gasteiger partial charge in [-0.2, -0.15) is 15.2 Å². The topological polar surface area (TPSA) is 102 Å². The predicted octanol–water partition coefficient (Wildman–Crippen LogP) is 8.45. The van der Waals surface area contributed by atoms with Gasteiger partial charge in [-0.05, 0) is 59.7 Å². The zero-order valence-electron chi connectivity index (χ0n) is 27.4. The minimum absolute atomic E-state index is 0.0870. The van der Waals surface area contributed by atoms with Crippen molar-refractivity contribution in [3.8, 4) is 52.2 Å². The summed E-state index contributed by atoms with van der Waals surface area (Å²) in [6.45, 7) is 2.40. The Morgan fingerprint density at radius 2 is 1.40 bits per heavy atom. The summed E-state index contributed by atoms with van der Waals surface area (Å²) in [6.07, 6.45) is 0. The van der Waals surface area contributed by atoms with E-state index in [9.17, 15) is 5.26 Å². The Morgan fingerprint density at radius 1 is 0.660 bits per heavy atom. The van der Waals surface area contributed by atoms with Gasteiger partial charge < -0.3 is 23.8 Å². The number of benzene rings is 5. The Labute approximate surface area is 290 Å². The summed E-state index contributed by atoms with van der Waals surface area (Å²) < 4.78 is 24.8. The smallest absolute Gasteiger partial charge is 0.325 e. The number of rotatable bonds is 12. The summed E-state index contributed by atoms with van der Waals surface area (Å²) in [5, 5.41) is 9.66. The van der Waals surface area contributed by atoms with Crippen molar-refractivity contribution in [2.24, 2.45) is 4.99 Å². The van der Waals surface area contributed by atoms with Crippen LogP contribution in [0.1, 0.15) is 22.3 Å². The van der Waals surface area contributed by atoms with Crippen molar-refractivity contribution in [2.75, 3.05) is 20.1 Å². The lowest BCUT2D eigenvalue weighted by molar-refractivity contribution is 0.289. The average Bonchev–Trinajstić information content (AvgIpc) is 3.60. The van der Waals surface area contributed by atoms with Crippen LogP contribution >= 0.6 is 0 Å². The van der Waals surface area contributed by atoms with Gasteiger partial charge >= 0.3 is 6.01 Å². The van der Waals surface area contributed by atoms with Crippen molar-refractivity contribution in [2.45, 2.75) is 13.2 Å². The molecule has 5 aromatic carbocycles. The monoisotopic (exact) mass is 659 g/mol. The van der Waals surface area contributed by atoms with Gasteiger partial charge in [0.15, 0.2) is 11.5 Å². The third-order valence-electron chi connectivity index (χ3n) is 7.96. The molecule has 9 heteroatoms. The molecule has 1 aromatic heterocycles. The van der Waals surface area contributed by atoms with Crippen LogP contribution < -0.4 is 18.9 Å². The van der Waals surface area contributed by atoms with E-state index in [0.717, 1.165) is 46.9 Å². The molecule has 0 N–H and O–H groups in total. The number of likely N-dealkylation sites (N-methyl/N-ethyl adjacent to an activating group) is 1. The molecule has 0 spiro atoms. The summed E-state index contributed by atoms with van der Waals surface area (Å²) in [5.41, 5.74) is 4.81. The number of nitriles is 1. The maximum absolute atomic E-state index is 9.66. The Bertz CT molecular complexity index is 2150. The number of ether oxygens (including phenoxy) is 4. The van der Waals surface area contributed by atoms with Crippen molar-refractivity contribution in [1.29, 1.82) is 5.26 Å². The van der Waals surface area contributed by atoms with Gasteiger partial charge in [-0.25, -0.2) is 0 Å². The molecule has 0 unspecified atom stereocenters. The zero-order valence-corrected chi connectivity index (χ0v) is 27.4. The molecular formula is C41H33N5O4. The van der Waals surface area contributed by atoms with Crippen LogP contribution in [-0.4, -0.2) is 40.8 Å². The highest BCUT2D eigenvalue weighted by molar-refractivity contribution is 5.99. The van der Waals surface area contributed by atoms with Gasteiger partial charge in [0.1, 0.15) is 30.5 Å². The second-order valence-corrected chi connectivity index (χ2v) is 11.6. The standard InChI is InChI=1S/C41H33N5O4/c1-46-22-21-43-40(46)33-13-8-14-35(24-33)49-41-44-36(32-16-18-34(19-17-32)47-27-29-9-4-2-5-10-29)25-39(45-41)50-38-23-31(26-42)15-20-37(38)48-28-30-11-6-3-7-12-30/h2-20,23-25H,21-22,27-28H2,1H3. The van der Waals surface area contributed by atoms with Crippen molar-refractivity contribution in [3.05, 3.63) is 156 Å². The fourth-order valence-corrected chi connectivity index (χ4v) is 5.39. The van der Waals surface area contributed by atoms with Gasteiger partial charge in [0, 0.05) is 36.9 Å². The third kappa shape index (κ3) is 7.89. The number of nitrogens with zero attached hydrogens (tertiary/aromatic N) is 5. The maximum Gasteiger partial charge on any atom is 0.325 e. The molecule has 1 aliphatic rings. The molecule has 0 atom stereocenters. The van der Waals surface area contributed by atoms with Crippen LogP contribution in [-0.2, 0) is 13.2 Å². The normalized spacial score (nSPS) is 12.2. The van der Waals surface area contributed by atoms with E-state index in [-0.39, 0.29) is 11.9 Å². The Hall–Kier alpha value is -6.66. The first-order chi connectivity index (χ1) is 24.6. The van der Waals surface area contributed by atoms with E-state index >= 15 is 0 Å². The lowest BCUT2D eigenvalue weighted by Gasteiger charge is -2.15. The molecular weight excluding hydrogens is 626 g/mol. The van der Waals surface area contributed by atoms with Gasteiger partial charge in [0.2, 0.25) is 5.88 Å². The van der Waals surface area contributed by atoms with E-state index in [1.54, 1.807) is 24.3 Å². The number of hydrogen-bond donors (Lipinski definition) is 0. The first-order valence-electron chi connectivity index (χ1n) is 16.2. The summed E-state index contributed by atoms with van der Waals surface area (Å²) in [5.74, 6) is 3.20. The van der Waals surface area contributed by atoms with E-state index in [1.165, 1.54) is 0 Å². The number of aliphatic imine (C=N–C) groups is 1. The van der Waals surface area contributed by atoms with E-state index in [0.29, 0.717) is 41.7 Å². The van der Waals surface area contributed by atoms with E-state index in [1.807, 2.05) is 116 Å². The minimum Gasteiger partial charge on any atom is -0.489 e.